The van der Waals surface area contributed by atoms with Gasteiger partial charge in [0.05, 0.1) is 18.5 Å². The van der Waals surface area contributed by atoms with Crippen LogP contribution in [-0.4, -0.2) is 17.5 Å². The summed E-state index contributed by atoms with van der Waals surface area (Å²) in [7, 11) is 0. The van der Waals surface area contributed by atoms with Gasteiger partial charge in [-0.15, -0.1) is 0 Å². The van der Waals surface area contributed by atoms with Crippen molar-refractivity contribution in [1.82, 2.24) is 0 Å². The van der Waals surface area contributed by atoms with E-state index in [1.807, 2.05) is 0 Å². The van der Waals surface area contributed by atoms with Crippen molar-refractivity contribution in [2.45, 2.75) is 77.6 Å². The van der Waals surface area contributed by atoms with E-state index in [1.165, 1.54) is 69.8 Å². The molecule has 0 rings (SSSR count). The van der Waals surface area contributed by atoms with Gasteiger partial charge in [-0.05, 0) is 6.42 Å². The van der Waals surface area contributed by atoms with Crippen molar-refractivity contribution >= 4 is 30.6 Å². The number of hydrogen-bond donors (Lipinski definition) is 1. The number of hydrogen-bond acceptors (Lipinski definition) is 4. The minimum absolute atomic E-state index is 0.146. The summed E-state index contributed by atoms with van der Waals surface area (Å²) in [6.45, 7) is 2.26. The van der Waals surface area contributed by atoms with Gasteiger partial charge in [0.2, 0.25) is 0 Å². The molecule has 114 valence electrons. The van der Waals surface area contributed by atoms with Crippen LogP contribution in [0.1, 0.15) is 77.6 Å². The molecular formula is C15H30O2S2. The Bertz CT molecular complexity index is 199. The Labute approximate surface area is 129 Å². The van der Waals surface area contributed by atoms with E-state index in [0.29, 0.717) is 12.2 Å². The van der Waals surface area contributed by atoms with E-state index in [1.54, 1.807) is 0 Å². The summed E-state index contributed by atoms with van der Waals surface area (Å²) in [5, 5.41) is 0. The zero-order valence-electron chi connectivity index (χ0n) is 12.4. The Morgan fingerprint density at radius 3 is 2.00 bits per heavy atom. The lowest BCUT2D eigenvalue weighted by molar-refractivity contribution is -0.132. The summed E-state index contributed by atoms with van der Waals surface area (Å²) >= 11 is 5.28. The van der Waals surface area contributed by atoms with Crippen LogP contribution >= 0.6 is 24.7 Å². The Balaban J connectivity index is 3.01. The second-order valence-electron chi connectivity index (χ2n) is 4.93. The van der Waals surface area contributed by atoms with Crippen molar-refractivity contribution in [1.29, 1.82) is 0 Å². The minimum Gasteiger partial charge on any atom is -0.391 e. The second kappa shape index (κ2) is 16.2. The molecule has 4 heteroatoms. The predicted molar refractivity (Wildman–Crippen MR) is 88.9 cm³/mol. The molecule has 0 aliphatic heterocycles. The van der Waals surface area contributed by atoms with Crippen LogP contribution in [-0.2, 0) is 8.98 Å². The van der Waals surface area contributed by atoms with Gasteiger partial charge in [-0.3, -0.25) is 4.79 Å². The molecule has 0 heterocycles. The van der Waals surface area contributed by atoms with Crippen LogP contribution in [0.25, 0.3) is 0 Å². The van der Waals surface area contributed by atoms with E-state index < -0.39 is 0 Å². The highest BCUT2D eigenvalue weighted by Gasteiger charge is 2.01. The first-order valence-electron chi connectivity index (χ1n) is 7.74. The van der Waals surface area contributed by atoms with E-state index in [2.05, 4.69) is 19.6 Å². The Morgan fingerprint density at radius 2 is 1.47 bits per heavy atom. The van der Waals surface area contributed by atoms with Gasteiger partial charge >= 0.3 is 5.97 Å². The zero-order valence-corrected chi connectivity index (χ0v) is 14.1. The SMILES string of the molecule is CCCCCCCCCCCCSOC(=O)CCS. The van der Waals surface area contributed by atoms with Crippen molar-refractivity contribution in [2.75, 3.05) is 11.5 Å². The van der Waals surface area contributed by atoms with Gasteiger partial charge in [-0.1, -0.05) is 64.7 Å². The standard InChI is InChI=1S/C15H30O2S2/c1-2-3-4-5-6-7-8-9-10-11-14-19-17-15(16)12-13-18/h18H,2-14H2,1H3. The molecule has 0 radical (unpaired) electrons. The maximum atomic E-state index is 11.0. The Hall–Kier alpha value is 0.170. The molecule has 0 aliphatic rings. The molecule has 0 aromatic rings. The fourth-order valence-corrected chi connectivity index (χ4v) is 2.69. The summed E-state index contributed by atoms with van der Waals surface area (Å²) in [5.41, 5.74) is 0. The maximum absolute atomic E-state index is 11.0. The molecule has 0 fully saturated rings. The van der Waals surface area contributed by atoms with Crippen LogP contribution in [0.3, 0.4) is 0 Å². The Morgan fingerprint density at radius 1 is 0.947 bits per heavy atom. The van der Waals surface area contributed by atoms with Crippen molar-refractivity contribution in [3.05, 3.63) is 0 Å². The molecule has 0 unspecified atom stereocenters. The first-order chi connectivity index (χ1) is 9.31. The molecule has 0 saturated carbocycles. The highest BCUT2D eigenvalue weighted by Crippen LogP contribution is 2.13. The van der Waals surface area contributed by atoms with E-state index in [0.717, 1.165) is 12.2 Å². The number of carbonyl (C=O) groups is 1. The molecule has 0 bridgehead atoms. The second-order valence-corrected chi connectivity index (χ2v) is 6.19. The third-order valence-corrected chi connectivity index (χ3v) is 4.03. The van der Waals surface area contributed by atoms with Gasteiger partial charge in [0.1, 0.15) is 0 Å². The fourth-order valence-electron chi connectivity index (χ4n) is 1.89. The first-order valence-corrected chi connectivity index (χ1v) is 9.28. The van der Waals surface area contributed by atoms with E-state index in [9.17, 15) is 4.79 Å². The molecule has 0 aromatic heterocycles. The third-order valence-electron chi connectivity index (χ3n) is 3.05. The van der Waals surface area contributed by atoms with Crippen molar-refractivity contribution < 1.29 is 8.98 Å². The minimum atomic E-state index is -0.146. The van der Waals surface area contributed by atoms with Gasteiger partial charge in [-0.25, -0.2) is 0 Å². The lowest BCUT2D eigenvalue weighted by Crippen LogP contribution is -1.99. The van der Waals surface area contributed by atoms with Crippen LogP contribution in [0.2, 0.25) is 0 Å². The first kappa shape index (κ1) is 19.2. The van der Waals surface area contributed by atoms with Crippen LogP contribution in [0.4, 0.5) is 0 Å². The quantitative estimate of drug-likeness (QED) is 0.264. The van der Waals surface area contributed by atoms with Crippen LogP contribution in [0.15, 0.2) is 0 Å². The fraction of sp³-hybridized carbons (Fsp3) is 0.933. The van der Waals surface area contributed by atoms with E-state index in [4.69, 9.17) is 4.18 Å². The molecular weight excluding hydrogens is 276 g/mol. The average molecular weight is 307 g/mol. The van der Waals surface area contributed by atoms with Crippen molar-refractivity contribution in [3.8, 4) is 0 Å². The van der Waals surface area contributed by atoms with Crippen molar-refractivity contribution in [3.63, 3.8) is 0 Å². The van der Waals surface area contributed by atoms with Crippen LogP contribution in [0.5, 0.6) is 0 Å². The van der Waals surface area contributed by atoms with Gasteiger partial charge in [-0.2, -0.15) is 12.6 Å². The molecule has 0 aromatic carbocycles. The average Bonchev–Trinajstić information content (AvgIpc) is 2.40. The van der Waals surface area contributed by atoms with Crippen LogP contribution in [0, 0.1) is 0 Å². The smallest absolute Gasteiger partial charge is 0.318 e. The van der Waals surface area contributed by atoms with Crippen LogP contribution < -0.4 is 0 Å². The summed E-state index contributed by atoms with van der Waals surface area (Å²) < 4.78 is 4.99. The summed E-state index contributed by atoms with van der Waals surface area (Å²) in [5.74, 6) is 1.35. The normalized spacial score (nSPS) is 10.6. The summed E-state index contributed by atoms with van der Waals surface area (Å²) in [6, 6.07) is 0. The van der Waals surface area contributed by atoms with Gasteiger partial charge in [0, 0.05) is 11.5 Å². The highest BCUT2D eigenvalue weighted by molar-refractivity contribution is 7.95. The lowest BCUT2D eigenvalue weighted by Gasteiger charge is -2.03. The molecule has 2 nitrogen and oxygen atoms in total. The molecule has 0 aliphatic carbocycles. The number of rotatable bonds is 14. The number of carbonyl (C=O) groups excluding carboxylic acids is 1. The number of thiol groups is 1. The lowest BCUT2D eigenvalue weighted by atomic mass is 10.1. The molecule has 19 heavy (non-hydrogen) atoms. The van der Waals surface area contributed by atoms with Crippen molar-refractivity contribution in [2.24, 2.45) is 0 Å². The van der Waals surface area contributed by atoms with E-state index >= 15 is 0 Å². The molecule has 0 amide bonds. The predicted octanol–water partition coefficient (Wildman–Crippen LogP) is 5.42. The van der Waals surface area contributed by atoms with Gasteiger partial charge in [0.25, 0.3) is 0 Å². The molecule has 0 atom stereocenters. The maximum Gasteiger partial charge on any atom is 0.318 e. The topological polar surface area (TPSA) is 26.3 Å². The molecule has 0 spiro atoms. The van der Waals surface area contributed by atoms with Gasteiger partial charge < -0.3 is 4.18 Å². The van der Waals surface area contributed by atoms with Gasteiger partial charge in [0.15, 0.2) is 0 Å². The summed E-state index contributed by atoms with van der Waals surface area (Å²) in [6.07, 6.45) is 13.8. The third kappa shape index (κ3) is 16.1. The largest absolute Gasteiger partial charge is 0.391 e. The number of unbranched alkanes of at least 4 members (excludes halogenated alkanes) is 9. The zero-order chi connectivity index (χ0) is 14.2. The molecule has 0 saturated heterocycles. The monoisotopic (exact) mass is 306 g/mol. The Kier molecular flexibility index (Phi) is 16.4. The highest BCUT2D eigenvalue weighted by atomic mass is 32.2. The summed E-state index contributed by atoms with van der Waals surface area (Å²) in [4.78, 5) is 11.0. The van der Waals surface area contributed by atoms with E-state index in [-0.39, 0.29) is 5.97 Å². The molecule has 0 N–H and O–H groups in total.